The fourth-order valence-corrected chi connectivity index (χ4v) is 4.77. The number of nitrogens with zero attached hydrogens (tertiary/aromatic N) is 3. The Balaban J connectivity index is 1.58. The van der Waals surface area contributed by atoms with Gasteiger partial charge in [0.05, 0.1) is 11.8 Å². The summed E-state index contributed by atoms with van der Waals surface area (Å²) in [6.45, 7) is 5.85. The molecular formula is C26H31N5O5S. The topological polar surface area (TPSA) is 132 Å². The quantitative estimate of drug-likeness (QED) is 0.439. The van der Waals surface area contributed by atoms with Crippen LogP contribution in [0, 0.1) is 6.92 Å². The van der Waals surface area contributed by atoms with Gasteiger partial charge in [0, 0.05) is 24.9 Å². The van der Waals surface area contributed by atoms with Crippen molar-refractivity contribution < 1.29 is 22.7 Å². The molecule has 3 heterocycles. The van der Waals surface area contributed by atoms with Crippen LogP contribution in [-0.2, 0) is 27.5 Å². The Bertz CT molecular complexity index is 1410. The van der Waals surface area contributed by atoms with Gasteiger partial charge in [0.15, 0.2) is 21.5 Å². The maximum atomic E-state index is 13.2. The highest BCUT2D eigenvalue weighted by atomic mass is 32.2. The van der Waals surface area contributed by atoms with E-state index in [2.05, 4.69) is 20.7 Å². The summed E-state index contributed by atoms with van der Waals surface area (Å²) in [4.78, 5) is 30.0. The number of nitrogens with one attached hydrogen (secondary N) is 2. The normalized spacial score (nSPS) is 15.3. The van der Waals surface area contributed by atoms with Crippen molar-refractivity contribution in [3.05, 3.63) is 65.0 Å². The molecule has 0 fully saturated rings. The summed E-state index contributed by atoms with van der Waals surface area (Å²) < 4.78 is 30.4. The molecule has 0 saturated carbocycles. The molecule has 37 heavy (non-hydrogen) atoms. The predicted molar refractivity (Wildman–Crippen MR) is 140 cm³/mol. The molecule has 196 valence electrons. The van der Waals surface area contributed by atoms with E-state index in [1.165, 1.54) is 4.68 Å². The lowest BCUT2D eigenvalue weighted by molar-refractivity contribution is -0.113. The van der Waals surface area contributed by atoms with Crippen molar-refractivity contribution in [2.24, 2.45) is 0 Å². The van der Waals surface area contributed by atoms with Crippen LogP contribution < -0.4 is 15.4 Å². The van der Waals surface area contributed by atoms with E-state index in [-0.39, 0.29) is 29.4 Å². The van der Waals surface area contributed by atoms with Crippen molar-refractivity contribution in [3.8, 4) is 11.6 Å². The molecule has 2 amide bonds. The van der Waals surface area contributed by atoms with Gasteiger partial charge in [0.25, 0.3) is 5.91 Å². The minimum Gasteiger partial charge on any atom is -0.491 e. The minimum atomic E-state index is -3.56. The first-order valence-corrected chi connectivity index (χ1v) is 14.1. The van der Waals surface area contributed by atoms with Gasteiger partial charge in [0.2, 0.25) is 5.91 Å². The monoisotopic (exact) mass is 525 g/mol. The lowest BCUT2D eigenvalue weighted by Crippen LogP contribution is -2.41. The Morgan fingerprint density at radius 2 is 2.05 bits per heavy atom. The van der Waals surface area contributed by atoms with Crippen molar-refractivity contribution in [2.45, 2.75) is 52.2 Å². The second-order valence-electron chi connectivity index (χ2n) is 9.62. The van der Waals surface area contributed by atoms with Crippen molar-refractivity contribution in [3.63, 3.8) is 0 Å². The van der Waals surface area contributed by atoms with Gasteiger partial charge in [-0.05, 0) is 62.9 Å². The fourth-order valence-electron chi connectivity index (χ4n) is 4.22. The molecule has 1 aliphatic heterocycles. The lowest BCUT2D eigenvalue weighted by atomic mass is 9.96. The van der Waals surface area contributed by atoms with Gasteiger partial charge in [-0.2, -0.15) is 9.78 Å². The number of sulfone groups is 1. The first-order valence-electron chi connectivity index (χ1n) is 12.1. The molecule has 0 spiro atoms. The summed E-state index contributed by atoms with van der Waals surface area (Å²) in [7, 11) is -3.56. The maximum absolute atomic E-state index is 13.2. The number of ether oxygens (including phenoxy) is 1. The van der Waals surface area contributed by atoms with Gasteiger partial charge < -0.3 is 15.4 Å². The number of anilines is 1. The van der Waals surface area contributed by atoms with Crippen LogP contribution in [0.3, 0.4) is 0 Å². The average molecular weight is 526 g/mol. The number of carbonyl (C=O) groups excluding carboxylic acids is 2. The molecule has 0 aliphatic carbocycles. The summed E-state index contributed by atoms with van der Waals surface area (Å²) in [5.74, 6) is -0.525. The Hall–Kier alpha value is -3.73. The van der Waals surface area contributed by atoms with E-state index in [1.807, 2.05) is 51.1 Å². The summed E-state index contributed by atoms with van der Waals surface area (Å²) in [6.07, 6.45) is 4.57. The Morgan fingerprint density at radius 1 is 1.27 bits per heavy atom. The van der Waals surface area contributed by atoms with E-state index < -0.39 is 21.5 Å². The number of amides is 2. The average Bonchev–Trinajstić information content (AvgIpc) is 3.15. The number of hydrogen-bond acceptors (Lipinski definition) is 7. The number of rotatable bonds is 9. The smallest absolute Gasteiger partial charge is 0.257 e. The highest BCUT2D eigenvalue weighted by molar-refractivity contribution is 7.91. The Labute approximate surface area is 216 Å². The van der Waals surface area contributed by atoms with Crippen molar-refractivity contribution in [2.75, 3.05) is 17.3 Å². The zero-order chi connectivity index (χ0) is 26.7. The molecular weight excluding hydrogens is 494 g/mol. The van der Waals surface area contributed by atoms with Crippen LogP contribution in [-0.4, -0.2) is 59.2 Å². The number of hydrogen-bond donors (Lipinski definition) is 2. The number of carbonyl (C=O) groups is 2. The number of benzene rings is 1. The second kappa shape index (κ2) is 10.7. The third-order valence-electron chi connectivity index (χ3n) is 5.78. The van der Waals surface area contributed by atoms with Crippen LogP contribution >= 0.6 is 0 Å². The second-order valence-corrected chi connectivity index (χ2v) is 11.8. The lowest BCUT2D eigenvalue weighted by Gasteiger charge is -2.23. The van der Waals surface area contributed by atoms with Crippen molar-refractivity contribution >= 4 is 27.5 Å². The van der Waals surface area contributed by atoms with Crippen LogP contribution in [0.4, 0.5) is 5.82 Å². The minimum absolute atomic E-state index is 0.0801. The van der Waals surface area contributed by atoms with Crippen molar-refractivity contribution in [1.29, 1.82) is 0 Å². The van der Waals surface area contributed by atoms with E-state index in [0.717, 1.165) is 29.6 Å². The Morgan fingerprint density at radius 3 is 2.73 bits per heavy atom. The van der Waals surface area contributed by atoms with Crippen LogP contribution in [0.15, 0.2) is 42.6 Å². The largest absolute Gasteiger partial charge is 0.491 e. The number of aromatic nitrogens is 3. The van der Waals surface area contributed by atoms with E-state index >= 15 is 0 Å². The maximum Gasteiger partial charge on any atom is 0.257 e. The third-order valence-corrected chi connectivity index (χ3v) is 6.56. The molecule has 0 unspecified atom stereocenters. The zero-order valence-corrected chi connectivity index (χ0v) is 22.1. The van der Waals surface area contributed by atoms with Crippen LogP contribution in [0.25, 0.3) is 5.82 Å². The summed E-state index contributed by atoms with van der Waals surface area (Å²) in [5.41, 5.74) is 2.76. The number of pyridine rings is 1. The first kappa shape index (κ1) is 26.3. The highest BCUT2D eigenvalue weighted by Crippen LogP contribution is 2.28. The molecule has 0 radical (unpaired) electrons. The molecule has 1 aliphatic rings. The van der Waals surface area contributed by atoms with E-state index in [1.54, 1.807) is 12.3 Å². The zero-order valence-electron chi connectivity index (χ0n) is 21.3. The summed E-state index contributed by atoms with van der Waals surface area (Å²) >= 11 is 0. The van der Waals surface area contributed by atoms with Gasteiger partial charge in [-0.25, -0.2) is 13.4 Å². The number of aryl methyl sites for hydroxylation is 2. The van der Waals surface area contributed by atoms with Gasteiger partial charge in [0.1, 0.15) is 17.1 Å². The van der Waals surface area contributed by atoms with Gasteiger partial charge >= 0.3 is 0 Å². The molecule has 4 rings (SSSR count). The molecule has 2 N–H and O–H groups in total. The summed E-state index contributed by atoms with van der Waals surface area (Å²) in [5, 5.41) is 10.2. The Kier molecular flexibility index (Phi) is 7.63. The van der Waals surface area contributed by atoms with Gasteiger partial charge in [-0.15, -0.1) is 0 Å². The van der Waals surface area contributed by atoms with Crippen LogP contribution in [0.2, 0.25) is 0 Å². The summed E-state index contributed by atoms with van der Waals surface area (Å²) in [6, 6.07) is 11.3. The standard InChI is InChI=1S/C26H31N5O5S/c1-16(2)36-20-7-5-6-18(12-20)9-10-19-13-21-24(26(33)28-19)25(29-23(32)15-37(4,34)35)31(30-21)22-11-8-17(3)14-27-22/h5-8,11-12,14,16,19H,9-10,13,15H2,1-4H3,(H,28,33)(H,29,32)/t19-/m0/s1. The van der Waals surface area contributed by atoms with Crippen LogP contribution in [0.1, 0.15) is 47.4 Å². The highest BCUT2D eigenvalue weighted by Gasteiger charge is 2.33. The predicted octanol–water partition coefficient (Wildman–Crippen LogP) is 2.63. The van der Waals surface area contributed by atoms with Gasteiger partial charge in [-0.3, -0.25) is 9.59 Å². The van der Waals surface area contributed by atoms with Gasteiger partial charge in [-0.1, -0.05) is 18.2 Å². The van der Waals surface area contributed by atoms with E-state index in [9.17, 15) is 18.0 Å². The molecule has 0 bridgehead atoms. The third kappa shape index (κ3) is 6.73. The molecule has 3 aromatic rings. The SMILES string of the molecule is Cc1ccc(-n2nc3c(c2NC(=O)CS(C)(=O)=O)C(=O)N[C@@H](CCc2cccc(OC(C)C)c2)C3)nc1. The molecule has 11 heteroatoms. The van der Waals surface area contributed by atoms with Crippen LogP contribution in [0.5, 0.6) is 5.75 Å². The molecule has 1 aromatic carbocycles. The molecule has 10 nitrogen and oxygen atoms in total. The molecule has 2 aromatic heterocycles. The van der Waals surface area contributed by atoms with E-state index in [4.69, 9.17) is 4.74 Å². The molecule has 0 saturated heterocycles. The first-order chi connectivity index (χ1) is 17.5. The van der Waals surface area contributed by atoms with E-state index in [0.29, 0.717) is 24.4 Å². The fraction of sp³-hybridized carbons (Fsp3) is 0.385. The number of fused-ring (bicyclic) bond motifs is 1. The van der Waals surface area contributed by atoms with Crippen molar-refractivity contribution in [1.82, 2.24) is 20.1 Å². The molecule has 1 atom stereocenters.